The second kappa shape index (κ2) is 5.98. The van der Waals surface area contributed by atoms with Crippen molar-refractivity contribution in [2.45, 2.75) is 13.8 Å². The van der Waals surface area contributed by atoms with Gasteiger partial charge in [-0.3, -0.25) is 14.2 Å². The number of ether oxygens (including phenoxy) is 1. The molecule has 0 unspecified atom stereocenters. The molecule has 122 valence electrons. The summed E-state index contributed by atoms with van der Waals surface area (Å²) in [5.74, 6) is -0.607. The first-order valence-corrected chi connectivity index (χ1v) is 7.45. The van der Waals surface area contributed by atoms with Crippen LogP contribution < -0.4 is 4.74 Å². The summed E-state index contributed by atoms with van der Waals surface area (Å²) in [6.45, 7) is 2.94. The molecule has 0 bridgehead atoms. The number of carbonyl (C=O) groups excluding carboxylic acids is 2. The van der Waals surface area contributed by atoms with E-state index in [4.69, 9.17) is 16.3 Å². The summed E-state index contributed by atoms with van der Waals surface area (Å²) < 4.78 is 6.65. The molecule has 0 fully saturated rings. The third-order valence-corrected chi connectivity index (χ3v) is 3.78. The molecule has 0 spiro atoms. The SMILES string of the molecule is CC(=O)Oc1c(C)n(C(=O)c2ccc(Cl)nc2)c2ccc(O)cc12. The summed E-state index contributed by atoms with van der Waals surface area (Å²) in [6, 6.07) is 7.59. The van der Waals surface area contributed by atoms with Crippen LogP contribution in [-0.2, 0) is 4.79 Å². The van der Waals surface area contributed by atoms with Crippen LogP contribution in [0.25, 0.3) is 10.9 Å². The van der Waals surface area contributed by atoms with Crippen LogP contribution in [0.1, 0.15) is 23.0 Å². The number of carbonyl (C=O) groups is 2. The van der Waals surface area contributed by atoms with Crippen molar-refractivity contribution in [1.29, 1.82) is 0 Å². The standard InChI is InChI=1S/C17H13ClN2O4/c1-9-16(24-10(2)21)13-7-12(22)4-5-14(13)20(9)17(23)11-3-6-15(18)19-8-11/h3-8,22H,1-2H3. The molecule has 3 rings (SSSR count). The number of fused-ring (bicyclic) bond motifs is 1. The smallest absolute Gasteiger partial charge is 0.308 e. The molecule has 3 aromatic rings. The first kappa shape index (κ1) is 16.0. The third-order valence-electron chi connectivity index (χ3n) is 3.55. The van der Waals surface area contributed by atoms with Crippen molar-refractivity contribution in [2.75, 3.05) is 0 Å². The number of benzene rings is 1. The van der Waals surface area contributed by atoms with Crippen molar-refractivity contribution >= 4 is 34.4 Å². The van der Waals surface area contributed by atoms with E-state index in [0.29, 0.717) is 22.2 Å². The number of aromatic nitrogens is 2. The van der Waals surface area contributed by atoms with Gasteiger partial charge in [0.05, 0.1) is 16.8 Å². The van der Waals surface area contributed by atoms with Crippen LogP contribution in [0, 0.1) is 6.92 Å². The molecule has 0 atom stereocenters. The van der Waals surface area contributed by atoms with E-state index in [1.165, 1.54) is 35.9 Å². The maximum atomic E-state index is 12.9. The molecule has 0 radical (unpaired) electrons. The summed E-state index contributed by atoms with van der Waals surface area (Å²) in [6.07, 6.45) is 1.38. The summed E-state index contributed by atoms with van der Waals surface area (Å²) in [7, 11) is 0. The zero-order chi connectivity index (χ0) is 17.4. The molecule has 0 saturated carbocycles. The highest BCUT2D eigenvalue weighted by atomic mass is 35.5. The minimum Gasteiger partial charge on any atom is -0.508 e. The highest BCUT2D eigenvalue weighted by molar-refractivity contribution is 6.29. The van der Waals surface area contributed by atoms with E-state index < -0.39 is 5.97 Å². The largest absolute Gasteiger partial charge is 0.508 e. The van der Waals surface area contributed by atoms with E-state index in [9.17, 15) is 14.7 Å². The Balaban J connectivity index is 2.24. The molecule has 24 heavy (non-hydrogen) atoms. The van der Waals surface area contributed by atoms with E-state index in [1.54, 1.807) is 19.1 Å². The minimum atomic E-state index is -0.513. The predicted molar refractivity (Wildman–Crippen MR) is 88.6 cm³/mol. The van der Waals surface area contributed by atoms with Gasteiger partial charge < -0.3 is 9.84 Å². The first-order chi connectivity index (χ1) is 11.4. The molecule has 0 saturated heterocycles. The lowest BCUT2D eigenvalue weighted by atomic mass is 10.2. The van der Waals surface area contributed by atoms with Crippen LogP contribution in [0.4, 0.5) is 0 Å². The number of phenols is 1. The summed E-state index contributed by atoms with van der Waals surface area (Å²) >= 11 is 5.75. The molecular formula is C17H13ClN2O4. The Bertz CT molecular complexity index is 961. The molecule has 0 aliphatic carbocycles. The molecule has 6 nitrogen and oxygen atoms in total. The van der Waals surface area contributed by atoms with Gasteiger partial charge in [-0.1, -0.05) is 11.6 Å². The Morgan fingerprint density at radius 1 is 1.25 bits per heavy atom. The topological polar surface area (TPSA) is 81.4 Å². The molecule has 2 heterocycles. The van der Waals surface area contributed by atoms with E-state index in [2.05, 4.69) is 4.98 Å². The van der Waals surface area contributed by atoms with Gasteiger partial charge in [0, 0.05) is 18.5 Å². The Hall–Kier alpha value is -2.86. The van der Waals surface area contributed by atoms with Crippen molar-refractivity contribution in [2.24, 2.45) is 0 Å². The van der Waals surface area contributed by atoms with Gasteiger partial charge in [0.15, 0.2) is 5.75 Å². The third kappa shape index (κ3) is 2.72. The van der Waals surface area contributed by atoms with Crippen LogP contribution in [0.5, 0.6) is 11.5 Å². The highest BCUT2D eigenvalue weighted by Gasteiger charge is 2.22. The number of rotatable bonds is 2. The van der Waals surface area contributed by atoms with Gasteiger partial charge in [-0.25, -0.2) is 4.98 Å². The maximum absolute atomic E-state index is 12.9. The minimum absolute atomic E-state index is 0.00802. The molecule has 2 aromatic heterocycles. The number of hydrogen-bond donors (Lipinski definition) is 1. The van der Waals surface area contributed by atoms with Gasteiger partial charge in [0.2, 0.25) is 0 Å². The van der Waals surface area contributed by atoms with Crippen molar-refractivity contribution in [1.82, 2.24) is 9.55 Å². The average molecular weight is 345 g/mol. The van der Waals surface area contributed by atoms with Gasteiger partial charge in [-0.05, 0) is 37.3 Å². The van der Waals surface area contributed by atoms with Gasteiger partial charge in [0.1, 0.15) is 10.9 Å². The molecule has 0 amide bonds. The monoisotopic (exact) mass is 344 g/mol. The lowest BCUT2D eigenvalue weighted by molar-refractivity contribution is -0.131. The molecule has 0 aliphatic rings. The fourth-order valence-corrected chi connectivity index (χ4v) is 2.66. The van der Waals surface area contributed by atoms with Crippen LogP contribution >= 0.6 is 11.6 Å². The average Bonchev–Trinajstić information content (AvgIpc) is 2.79. The normalized spacial score (nSPS) is 10.8. The first-order valence-electron chi connectivity index (χ1n) is 7.07. The molecule has 7 heteroatoms. The Morgan fingerprint density at radius 3 is 2.62 bits per heavy atom. The Kier molecular flexibility index (Phi) is 3.99. The van der Waals surface area contributed by atoms with E-state index in [-0.39, 0.29) is 22.6 Å². The molecular weight excluding hydrogens is 332 g/mol. The van der Waals surface area contributed by atoms with Crippen LogP contribution in [0.2, 0.25) is 5.15 Å². The summed E-state index contributed by atoms with van der Waals surface area (Å²) in [5, 5.41) is 10.5. The van der Waals surface area contributed by atoms with E-state index >= 15 is 0 Å². The Morgan fingerprint density at radius 2 is 2.00 bits per heavy atom. The van der Waals surface area contributed by atoms with Gasteiger partial charge >= 0.3 is 5.97 Å². The zero-order valence-electron chi connectivity index (χ0n) is 12.9. The maximum Gasteiger partial charge on any atom is 0.308 e. The number of esters is 1. The zero-order valence-corrected chi connectivity index (χ0v) is 13.7. The lowest BCUT2D eigenvalue weighted by Crippen LogP contribution is -2.14. The van der Waals surface area contributed by atoms with Crippen LogP contribution in [0.3, 0.4) is 0 Å². The van der Waals surface area contributed by atoms with E-state index in [0.717, 1.165) is 0 Å². The van der Waals surface area contributed by atoms with Crippen molar-refractivity contribution in [3.8, 4) is 11.5 Å². The fraction of sp³-hybridized carbons (Fsp3) is 0.118. The van der Waals surface area contributed by atoms with Gasteiger partial charge in [-0.2, -0.15) is 0 Å². The number of phenolic OH excluding ortho intramolecular Hbond substituents is 1. The van der Waals surface area contributed by atoms with E-state index in [1.807, 2.05) is 0 Å². The number of hydrogen-bond acceptors (Lipinski definition) is 5. The molecule has 1 aromatic carbocycles. The lowest BCUT2D eigenvalue weighted by Gasteiger charge is -2.07. The Labute approximate surface area is 142 Å². The summed E-state index contributed by atoms with van der Waals surface area (Å²) in [5.41, 5.74) is 1.30. The van der Waals surface area contributed by atoms with Crippen LogP contribution in [-0.4, -0.2) is 26.5 Å². The van der Waals surface area contributed by atoms with Gasteiger partial charge in [-0.15, -0.1) is 0 Å². The van der Waals surface area contributed by atoms with Crippen LogP contribution in [0.15, 0.2) is 36.5 Å². The molecule has 0 aliphatic heterocycles. The quantitative estimate of drug-likeness (QED) is 0.569. The van der Waals surface area contributed by atoms with Crippen molar-refractivity contribution in [3.63, 3.8) is 0 Å². The number of halogens is 1. The number of nitrogens with zero attached hydrogens (tertiary/aromatic N) is 2. The van der Waals surface area contributed by atoms with Crippen molar-refractivity contribution < 1.29 is 19.4 Å². The van der Waals surface area contributed by atoms with Crippen molar-refractivity contribution in [3.05, 3.63) is 52.9 Å². The second-order valence-corrected chi connectivity index (χ2v) is 5.61. The second-order valence-electron chi connectivity index (χ2n) is 5.22. The fourth-order valence-electron chi connectivity index (χ4n) is 2.54. The highest BCUT2D eigenvalue weighted by Crippen LogP contribution is 2.35. The van der Waals surface area contributed by atoms with Gasteiger partial charge in [0.25, 0.3) is 5.91 Å². The number of pyridine rings is 1. The number of aromatic hydroxyl groups is 1. The molecule has 1 N–H and O–H groups in total. The predicted octanol–water partition coefficient (Wildman–Crippen LogP) is 3.32. The summed E-state index contributed by atoms with van der Waals surface area (Å²) in [4.78, 5) is 28.1.